The molecule has 0 radical (unpaired) electrons. The minimum Gasteiger partial charge on any atom is -0.497 e. The summed E-state index contributed by atoms with van der Waals surface area (Å²) in [6.45, 7) is 1.30. The quantitative estimate of drug-likeness (QED) is 0.548. The first-order valence-electron chi connectivity index (χ1n) is 9.11. The predicted molar refractivity (Wildman–Crippen MR) is 118 cm³/mol. The topological polar surface area (TPSA) is 62.9 Å². The van der Waals surface area contributed by atoms with Crippen LogP contribution in [0.2, 0.25) is 0 Å². The van der Waals surface area contributed by atoms with Gasteiger partial charge >= 0.3 is 0 Å². The number of halogens is 1. The van der Waals surface area contributed by atoms with Crippen molar-refractivity contribution in [2.75, 3.05) is 27.4 Å². The van der Waals surface area contributed by atoms with Gasteiger partial charge in [-0.1, -0.05) is 36.4 Å². The van der Waals surface area contributed by atoms with Crippen LogP contribution in [0.5, 0.6) is 23.0 Å². The van der Waals surface area contributed by atoms with Crippen LogP contribution in [-0.2, 0) is 6.61 Å². The lowest BCUT2D eigenvalue weighted by Crippen LogP contribution is -2.11. The Hall–Kier alpha value is -2.89. The molecule has 6 heteroatoms. The van der Waals surface area contributed by atoms with Crippen molar-refractivity contribution < 1.29 is 18.9 Å². The number of benzene rings is 3. The van der Waals surface area contributed by atoms with Crippen molar-refractivity contribution in [3.8, 4) is 34.1 Å². The summed E-state index contributed by atoms with van der Waals surface area (Å²) in [6, 6.07) is 21.5. The Kier molecular flexibility index (Phi) is 8.65. The number of nitrogens with two attached hydrogens (primary N) is 1. The molecule has 0 saturated carbocycles. The van der Waals surface area contributed by atoms with Gasteiger partial charge in [0.1, 0.15) is 24.7 Å². The zero-order valence-corrected chi connectivity index (χ0v) is 17.4. The van der Waals surface area contributed by atoms with Gasteiger partial charge in [0.2, 0.25) is 0 Å². The molecule has 2 N–H and O–H groups in total. The van der Waals surface area contributed by atoms with Crippen LogP contribution in [0.15, 0.2) is 66.7 Å². The summed E-state index contributed by atoms with van der Waals surface area (Å²) >= 11 is 0. The summed E-state index contributed by atoms with van der Waals surface area (Å²) in [5, 5.41) is 0. The van der Waals surface area contributed by atoms with E-state index in [9.17, 15) is 0 Å². The fraction of sp³-hybridized carbons (Fsp3) is 0.217. The monoisotopic (exact) mass is 415 g/mol. The second kappa shape index (κ2) is 11.2. The van der Waals surface area contributed by atoms with Gasteiger partial charge in [-0.15, -0.1) is 12.4 Å². The predicted octanol–water partition coefficient (Wildman–Crippen LogP) is 4.71. The molecular weight excluding hydrogens is 390 g/mol. The van der Waals surface area contributed by atoms with Gasteiger partial charge in [0.25, 0.3) is 0 Å². The van der Waals surface area contributed by atoms with Crippen molar-refractivity contribution in [3.05, 3.63) is 72.3 Å². The Morgan fingerprint density at radius 1 is 0.759 bits per heavy atom. The van der Waals surface area contributed by atoms with Crippen LogP contribution in [0.3, 0.4) is 0 Å². The van der Waals surface area contributed by atoms with Gasteiger partial charge in [-0.2, -0.15) is 0 Å². The van der Waals surface area contributed by atoms with E-state index in [4.69, 9.17) is 24.7 Å². The molecule has 0 unspecified atom stereocenters. The minimum absolute atomic E-state index is 0. The second-order valence-corrected chi connectivity index (χ2v) is 6.14. The van der Waals surface area contributed by atoms with E-state index < -0.39 is 0 Å². The third-order valence-electron chi connectivity index (χ3n) is 4.27. The average Bonchev–Trinajstić information content (AvgIpc) is 2.76. The van der Waals surface area contributed by atoms with E-state index in [1.807, 2.05) is 66.7 Å². The highest BCUT2D eigenvalue weighted by atomic mass is 35.5. The zero-order valence-electron chi connectivity index (χ0n) is 16.6. The van der Waals surface area contributed by atoms with Gasteiger partial charge in [-0.25, -0.2) is 0 Å². The number of ether oxygens (including phenoxy) is 4. The maximum atomic E-state index is 6.07. The average molecular weight is 416 g/mol. The highest BCUT2D eigenvalue weighted by Crippen LogP contribution is 2.38. The lowest BCUT2D eigenvalue weighted by atomic mass is 10.0. The molecule has 0 heterocycles. The molecule has 0 saturated heterocycles. The summed E-state index contributed by atoms with van der Waals surface area (Å²) in [5.74, 6) is 2.82. The molecule has 0 aromatic heterocycles. The van der Waals surface area contributed by atoms with Crippen LogP contribution in [0, 0.1) is 0 Å². The largest absolute Gasteiger partial charge is 0.497 e. The molecule has 154 valence electrons. The Morgan fingerprint density at radius 2 is 1.52 bits per heavy atom. The first kappa shape index (κ1) is 22.4. The first-order chi connectivity index (χ1) is 13.7. The van der Waals surface area contributed by atoms with E-state index in [2.05, 4.69) is 0 Å². The normalized spacial score (nSPS) is 10.0. The molecule has 0 atom stereocenters. The Bertz CT molecular complexity index is 903. The highest BCUT2D eigenvalue weighted by Gasteiger charge is 2.13. The molecule has 3 rings (SSSR count). The molecule has 0 fully saturated rings. The standard InChI is InChI=1S/C23H25NO4.ClH/c1-25-19-9-11-21(26-2)20(15-19)18-8-10-22(27-13-12-24)23(14-18)28-16-17-6-4-3-5-7-17;/h3-11,14-15H,12-13,16,24H2,1-2H3;1H. The molecular formula is C23H26ClNO4. The van der Waals surface area contributed by atoms with Crippen LogP contribution in [0.1, 0.15) is 5.56 Å². The second-order valence-electron chi connectivity index (χ2n) is 6.14. The third-order valence-corrected chi connectivity index (χ3v) is 4.27. The molecule has 0 bridgehead atoms. The van der Waals surface area contributed by atoms with Crippen molar-refractivity contribution in [1.82, 2.24) is 0 Å². The highest BCUT2D eigenvalue weighted by molar-refractivity contribution is 5.85. The molecule has 0 amide bonds. The Morgan fingerprint density at radius 3 is 2.21 bits per heavy atom. The smallest absolute Gasteiger partial charge is 0.162 e. The maximum Gasteiger partial charge on any atom is 0.162 e. The fourth-order valence-electron chi connectivity index (χ4n) is 2.85. The molecule has 5 nitrogen and oxygen atoms in total. The van der Waals surface area contributed by atoms with Gasteiger partial charge in [0.15, 0.2) is 11.5 Å². The summed E-state index contributed by atoms with van der Waals surface area (Å²) in [4.78, 5) is 0. The Balaban J connectivity index is 0.00000300. The summed E-state index contributed by atoms with van der Waals surface area (Å²) in [7, 11) is 3.29. The Labute approximate surface area is 177 Å². The van der Waals surface area contributed by atoms with Crippen molar-refractivity contribution in [2.45, 2.75) is 6.61 Å². The fourth-order valence-corrected chi connectivity index (χ4v) is 2.85. The van der Waals surface area contributed by atoms with Crippen molar-refractivity contribution in [2.24, 2.45) is 5.73 Å². The van der Waals surface area contributed by atoms with Crippen LogP contribution in [0.4, 0.5) is 0 Å². The summed E-state index contributed by atoms with van der Waals surface area (Å²) < 4.78 is 22.7. The summed E-state index contributed by atoms with van der Waals surface area (Å²) in [6.07, 6.45) is 0. The minimum atomic E-state index is 0. The lowest BCUT2D eigenvalue weighted by Gasteiger charge is -2.16. The number of methoxy groups -OCH3 is 2. The van der Waals surface area contributed by atoms with E-state index in [-0.39, 0.29) is 12.4 Å². The van der Waals surface area contributed by atoms with Gasteiger partial charge in [-0.3, -0.25) is 0 Å². The SMILES string of the molecule is COc1ccc(OC)c(-c2ccc(OCCN)c(OCc3ccccc3)c2)c1.Cl. The van der Waals surface area contributed by atoms with E-state index in [0.717, 1.165) is 28.2 Å². The number of hydrogen-bond donors (Lipinski definition) is 1. The molecule has 0 aliphatic carbocycles. The van der Waals surface area contributed by atoms with Crippen molar-refractivity contribution >= 4 is 12.4 Å². The van der Waals surface area contributed by atoms with Crippen LogP contribution in [-0.4, -0.2) is 27.4 Å². The summed E-state index contributed by atoms with van der Waals surface area (Å²) in [5.41, 5.74) is 8.52. The third kappa shape index (κ3) is 5.79. The molecule has 0 aliphatic heterocycles. The molecule has 29 heavy (non-hydrogen) atoms. The lowest BCUT2D eigenvalue weighted by molar-refractivity contribution is 0.266. The molecule has 3 aromatic rings. The van der Waals surface area contributed by atoms with Gasteiger partial charge in [0.05, 0.1) is 14.2 Å². The van der Waals surface area contributed by atoms with Gasteiger partial charge in [-0.05, 0) is 41.5 Å². The van der Waals surface area contributed by atoms with E-state index in [1.165, 1.54) is 0 Å². The van der Waals surface area contributed by atoms with Crippen molar-refractivity contribution in [3.63, 3.8) is 0 Å². The van der Waals surface area contributed by atoms with Crippen LogP contribution in [0.25, 0.3) is 11.1 Å². The van der Waals surface area contributed by atoms with E-state index >= 15 is 0 Å². The molecule has 3 aromatic carbocycles. The first-order valence-corrected chi connectivity index (χ1v) is 9.11. The van der Waals surface area contributed by atoms with Gasteiger partial charge < -0.3 is 24.7 Å². The number of rotatable bonds is 9. The van der Waals surface area contributed by atoms with Crippen LogP contribution >= 0.6 is 12.4 Å². The van der Waals surface area contributed by atoms with Crippen LogP contribution < -0.4 is 24.7 Å². The van der Waals surface area contributed by atoms with E-state index in [0.29, 0.717) is 31.3 Å². The van der Waals surface area contributed by atoms with Crippen molar-refractivity contribution in [1.29, 1.82) is 0 Å². The zero-order chi connectivity index (χ0) is 19.8. The molecule has 0 spiro atoms. The number of hydrogen-bond acceptors (Lipinski definition) is 5. The molecule has 0 aliphatic rings. The maximum absolute atomic E-state index is 6.07. The van der Waals surface area contributed by atoms with Gasteiger partial charge in [0, 0.05) is 12.1 Å². The van der Waals surface area contributed by atoms with E-state index in [1.54, 1.807) is 14.2 Å².